The van der Waals surface area contributed by atoms with Crippen molar-refractivity contribution in [3.05, 3.63) is 28.4 Å². The fourth-order valence-corrected chi connectivity index (χ4v) is 6.04. The molecule has 1 aliphatic heterocycles. The van der Waals surface area contributed by atoms with E-state index in [1.165, 1.54) is 24.6 Å². The monoisotopic (exact) mass is 414 g/mol. The summed E-state index contributed by atoms with van der Waals surface area (Å²) in [5, 5.41) is 0.420. The van der Waals surface area contributed by atoms with E-state index in [9.17, 15) is 8.42 Å². The molecule has 0 fully saturated rings. The number of methoxy groups -OCH3 is 1. The Morgan fingerprint density at radius 2 is 2.00 bits per heavy atom. The molecule has 0 spiro atoms. The standard InChI is InChI=1S/C16H19ClN4O3S2/c1-15(2)14(18)21-16(3,8-26(15,22)23)13-9(17)5-11(25-13)10-6-19-7-12(20-10)24-4/h5-7H,8H2,1-4H3,(H2,18,21)/t16-/m0/s1. The van der Waals surface area contributed by atoms with Crippen LogP contribution < -0.4 is 10.5 Å². The van der Waals surface area contributed by atoms with Crippen molar-refractivity contribution in [3.63, 3.8) is 0 Å². The number of sulfone groups is 1. The van der Waals surface area contributed by atoms with Gasteiger partial charge < -0.3 is 10.5 Å². The van der Waals surface area contributed by atoms with Crippen molar-refractivity contribution in [2.24, 2.45) is 10.7 Å². The second-order valence-electron chi connectivity index (χ2n) is 6.77. The lowest BCUT2D eigenvalue weighted by Crippen LogP contribution is -2.54. The SMILES string of the molecule is COc1cncc(-c2cc(Cl)c([C@]3(C)CS(=O)(=O)C(C)(C)C(N)=N3)s2)n1. The lowest BCUT2D eigenvalue weighted by molar-refractivity contribution is 0.396. The van der Waals surface area contributed by atoms with Crippen LogP contribution in [0.4, 0.5) is 0 Å². The minimum absolute atomic E-state index is 0.0819. The maximum Gasteiger partial charge on any atom is 0.232 e. The molecule has 1 aliphatic rings. The third-order valence-electron chi connectivity index (χ3n) is 4.48. The van der Waals surface area contributed by atoms with Gasteiger partial charge in [0.05, 0.1) is 40.0 Å². The minimum atomic E-state index is -3.50. The predicted molar refractivity (Wildman–Crippen MR) is 104 cm³/mol. The number of aromatic nitrogens is 2. The Morgan fingerprint density at radius 1 is 1.31 bits per heavy atom. The normalized spacial score (nSPS) is 24.1. The Labute approximate surface area is 161 Å². The number of amidine groups is 1. The molecule has 3 rings (SSSR count). The van der Waals surface area contributed by atoms with E-state index in [0.29, 0.717) is 21.5 Å². The first-order chi connectivity index (χ1) is 12.0. The highest BCUT2D eigenvalue weighted by atomic mass is 35.5. The van der Waals surface area contributed by atoms with E-state index >= 15 is 0 Å². The molecule has 3 heterocycles. The maximum absolute atomic E-state index is 12.7. The zero-order valence-electron chi connectivity index (χ0n) is 14.8. The first-order valence-electron chi connectivity index (χ1n) is 7.74. The first-order valence-corrected chi connectivity index (χ1v) is 10.6. The van der Waals surface area contributed by atoms with Gasteiger partial charge in [-0.25, -0.2) is 13.4 Å². The Morgan fingerprint density at radius 3 is 2.62 bits per heavy atom. The van der Waals surface area contributed by atoms with E-state index in [4.69, 9.17) is 22.1 Å². The summed E-state index contributed by atoms with van der Waals surface area (Å²) in [5.74, 6) is 0.291. The van der Waals surface area contributed by atoms with Crippen LogP contribution in [-0.2, 0) is 15.4 Å². The van der Waals surface area contributed by atoms with Crippen LogP contribution in [0.5, 0.6) is 5.88 Å². The van der Waals surface area contributed by atoms with Gasteiger partial charge in [-0.15, -0.1) is 11.3 Å². The molecule has 0 aromatic carbocycles. The summed E-state index contributed by atoms with van der Waals surface area (Å²) in [5.41, 5.74) is 5.53. The largest absolute Gasteiger partial charge is 0.480 e. The molecule has 2 aromatic rings. The van der Waals surface area contributed by atoms with Crippen LogP contribution in [0.1, 0.15) is 25.6 Å². The molecule has 0 amide bonds. The highest BCUT2D eigenvalue weighted by Crippen LogP contribution is 2.45. The van der Waals surface area contributed by atoms with E-state index in [-0.39, 0.29) is 11.6 Å². The molecule has 2 aromatic heterocycles. The molecule has 7 nitrogen and oxygen atoms in total. The highest BCUT2D eigenvalue weighted by Gasteiger charge is 2.49. The van der Waals surface area contributed by atoms with Gasteiger partial charge in [-0.1, -0.05) is 11.6 Å². The molecule has 0 saturated heterocycles. The van der Waals surface area contributed by atoms with Crippen LogP contribution >= 0.6 is 22.9 Å². The van der Waals surface area contributed by atoms with E-state index in [0.717, 1.165) is 4.88 Å². The van der Waals surface area contributed by atoms with E-state index in [1.807, 2.05) is 0 Å². The van der Waals surface area contributed by atoms with Crippen molar-refractivity contribution in [1.29, 1.82) is 0 Å². The van der Waals surface area contributed by atoms with E-state index in [2.05, 4.69) is 15.0 Å². The van der Waals surface area contributed by atoms with Crippen LogP contribution in [0.25, 0.3) is 10.6 Å². The lowest BCUT2D eigenvalue weighted by atomic mass is 10.0. The summed E-state index contributed by atoms with van der Waals surface area (Å²) in [6.45, 7) is 4.85. The van der Waals surface area contributed by atoms with Crippen LogP contribution in [0.2, 0.25) is 5.02 Å². The summed E-state index contributed by atoms with van der Waals surface area (Å²) in [6, 6.07) is 1.73. The second kappa shape index (κ2) is 6.17. The molecule has 0 saturated carbocycles. The van der Waals surface area contributed by atoms with Crippen molar-refractivity contribution < 1.29 is 13.2 Å². The molecule has 0 aliphatic carbocycles. The van der Waals surface area contributed by atoms with Gasteiger partial charge in [0, 0.05) is 0 Å². The number of thiophene rings is 1. The molecule has 140 valence electrons. The minimum Gasteiger partial charge on any atom is -0.480 e. The smallest absolute Gasteiger partial charge is 0.232 e. The fourth-order valence-electron chi connectivity index (χ4n) is 2.69. The number of aliphatic imine (C=N–C) groups is 1. The first kappa shape index (κ1) is 19.1. The van der Waals surface area contributed by atoms with Crippen LogP contribution in [0, 0.1) is 0 Å². The van der Waals surface area contributed by atoms with Gasteiger partial charge in [-0.2, -0.15) is 0 Å². The zero-order chi connectivity index (χ0) is 19.3. The van der Waals surface area contributed by atoms with Crippen LogP contribution in [0.15, 0.2) is 23.5 Å². The van der Waals surface area contributed by atoms with Gasteiger partial charge in [0.2, 0.25) is 5.88 Å². The molecule has 26 heavy (non-hydrogen) atoms. The van der Waals surface area contributed by atoms with E-state index < -0.39 is 20.1 Å². The van der Waals surface area contributed by atoms with Crippen LogP contribution in [-0.4, -0.2) is 41.8 Å². The lowest BCUT2D eigenvalue weighted by Gasteiger charge is -2.37. The Balaban J connectivity index is 2.11. The second-order valence-corrected chi connectivity index (χ2v) is 10.8. The summed E-state index contributed by atoms with van der Waals surface area (Å²) < 4.78 is 29.4. The number of hydrogen-bond acceptors (Lipinski definition) is 8. The number of ether oxygens (including phenoxy) is 1. The molecule has 1 atom stereocenters. The Bertz CT molecular complexity index is 1000. The third kappa shape index (κ3) is 2.97. The Kier molecular flexibility index (Phi) is 4.53. The highest BCUT2D eigenvalue weighted by molar-refractivity contribution is 7.93. The summed E-state index contributed by atoms with van der Waals surface area (Å²) in [6.07, 6.45) is 3.09. The average Bonchev–Trinajstić information content (AvgIpc) is 2.95. The number of rotatable bonds is 3. The topological polar surface area (TPSA) is 108 Å². The molecule has 2 N–H and O–H groups in total. The predicted octanol–water partition coefficient (Wildman–Crippen LogP) is 2.65. The van der Waals surface area contributed by atoms with Gasteiger partial charge in [-0.3, -0.25) is 9.98 Å². The van der Waals surface area contributed by atoms with Gasteiger partial charge in [-0.05, 0) is 26.8 Å². The number of hydrogen-bond donors (Lipinski definition) is 1. The van der Waals surface area contributed by atoms with Crippen LogP contribution in [0.3, 0.4) is 0 Å². The van der Waals surface area contributed by atoms with Gasteiger partial charge in [0.25, 0.3) is 0 Å². The van der Waals surface area contributed by atoms with Gasteiger partial charge in [0.15, 0.2) is 9.84 Å². The number of nitrogens with zero attached hydrogens (tertiary/aromatic N) is 3. The molecular weight excluding hydrogens is 396 g/mol. The average molecular weight is 415 g/mol. The van der Waals surface area contributed by atoms with Crippen molar-refractivity contribution in [1.82, 2.24) is 9.97 Å². The molecule has 10 heteroatoms. The van der Waals surface area contributed by atoms with Crippen molar-refractivity contribution in [2.45, 2.75) is 31.1 Å². The fraction of sp³-hybridized carbons (Fsp3) is 0.438. The van der Waals surface area contributed by atoms with Gasteiger partial charge in [0.1, 0.15) is 21.8 Å². The van der Waals surface area contributed by atoms with Crippen molar-refractivity contribution >= 4 is 38.6 Å². The zero-order valence-corrected chi connectivity index (χ0v) is 17.2. The Hall–Kier alpha value is -1.71. The number of nitrogens with two attached hydrogens (primary N) is 1. The van der Waals surface area contributed by atoms with Crippen molar-refractivity contribution in [3.8, 4) is 16.5 Å². The van der Waals surface area contributed by atoms with Gasteiger partial charge >= 0.3 is 0 Å². The van der Waals surface area contributed by atoms with Crippen molar-refractivity contribution in [2.75, 3.05) is 12.9 Å². The molecular formula is C16H19ClN4O3S2. The summed E-state index contributed by atoms with van der Waals surface area (Å²) in [7, 11) is -2.00. The maximum atomic E-state index is 12.7. The quantitative estimate of drug-likeness (QED) is 0.827. The molecule has 0 unspecified atom stereocenters. The van der Waals surface area contributed by atoms with E-state index in [1.54, 1.807) is 33.0 Å². The molecule has 0 bridgehead atoms. The number of halogens is 1. The third-order valence-corrected chi connectivity index (χ3v) is 9.01. The summed E-state index contributed by atoms with van der Waals surface area (Å²) >= 11 is 7.75. The molecule has 0 radical (unpaired) electrons. The summed E-state index contributed by atoms with van der Waals surface area (Å²) in [4.78, 5) is 14.3.